The maximum Gasteiger partial charge on any atom is 0.258 e. The topological polar surface area (TPSA) is 38.3 Å². The van der Waals surface area contributed by atoms with Crippen LogP contribution in [-0.2, 0) is 11.2 Å². The van der Waals surface area contributed by atoms with Crippen LogP contribution in [0.2, 0.25) is 0 Å². The highest BCUT2D eigenvalue weighted by Crippen LogP contribution is 2.29. The summed E-state index contributed by atoms with van der Waals surface area (Å²) < 4.78 is 5.62. The van der Waals surface area contributed by atoms with Gasteiger partial charge < -0.3 is 10.1 Å². The fourth-order valence-electron chi connectivity index (χ4n) is 3.00. The number of amides is 1. The average Bonchev–Trinajstić information content (AvgIpc) is 2.54. The minimum Gasteiger partial charge on any atom is -0.484 e. The zero-order valence-electron chi connectivity index (χ0n) is 12.8. The Labute approximate surface area is 131 Å². The summed E-state index contributed by atoms with van der Waals surface area (Å²) in [5, 5.41) is 3.10. The number of hydrogen-bond donors (Lipinski definition) is 1. The summed E-state index contributed by atoms with van der Waals surface area (Å²) in [5.74, 6) is 0.701. The van der Waals surface area contributed by atoms with Gasteiger partial charge in [0.05, 0.1) is 6.04 Å². The Balaban J connectivity index is 1.60. The van der Waals surface area contributed by atoms with Crippen LogP contribution in [0.4, 0.5) is 0 Å². The van der Waals surface area contributed by atoms with Gasteiger partial charge in [0, 0.05) is 0 Å². The van der Waals surface area contributed by atoms with E-state index in [-0.39, 0.29) is 18.6 Å². The summed E-state index contributed by atoms with van der Waals surface area (Å²) in [6, 6.07) is 16.2. The van der Waals surface area contributed by atoms with Gasteiger partial charge in [-0.15, -0.1) is 0 Å². The van der Waals surface area contributed by atoms with Crippen molar-refractivity contribution in [3.8, 4) is 5.75 Å². The van der Waals surface area contributed by atoms with Crippen LogP contribution in [0.3, 0.4) is 0 Å². The molecule has 0 fully saturated rings. The fourth-order valence-corrected chi connectivity index (χ4v) is 3.00. The highest BCUT2D eigenvalue weighted by molar-refractivity contribution is 5.78. The van der Waals surface area contributed by atoms with E-state index in [9.17, 15) is 4.79 Å². The van der Waals surface area contributed by atoms with Gasteiger partial charge >= 0.3 is 0 Å². The lowest BCUT2D eigenvalue weighted by molar-refractivity contribution is -0.124. The Bertz CT molecular complexity index is 666. The van der Waals surface area contributed by atoms with Crippen LogP contribution in [0.25, 0.3) is 0 Å². The quantitative estimate of drug-likeness (QED) is 0.936. The highest BCUT2D eigenvalue weighted by Gasteiger charge is 2.21. The molecule has 2 aromatic rings. The van der Waals surface area contributed by atoms with E-state index in [1.54, 1.807) is 0 Å². The molecule has 0 bridgehead atoms. The number of para-hydroxylation sites is 1. The second-order valence-electron chi connectivity index (χ2n) is 5.77. The van der Waals surface area contributed by atoms with Crippen LogP contribution in [0, 0.1) is 6.92 Å². The predicted molar refractivity (Wildman–Crippen MR) is 86.9 cm³/mol. The number of benzene rings is 2. The monoisotopic (exact) mass is 295 g/mol. The van der Waals surface area contributed by atoms with Crippen molar-refractivity contribution >= 4 is 5.91 Å². The third-order valence-corrected chi connectivity index (χ3v) is 4.16. The van der Waals surface area contributed by atoms with E-state index in [1.807, 2.05) is 37.3 Å². The largest absolute Gasteiger partial charge is 0.484 e. The van der Waals surface area contributed by atoms with E-state index in [1.165, 1.54) is 11.1 Å². The Morgan fingerprint density at radius 2 is 1.95 bits per heavy atom. The van der Waals surface area contributed by atoms with E-state index < -0.39 is 0 Å². The first kappa shape index (κ1) is 14.6. The normalized spacial score (nSPS) is 16.7. The summed E-state index contributed by atoms with van der Waals surface area (Å²) in [6.07, 6.45) is 3.20. The first-order chi connectivity index (χ1) is 10.7. The van der Waals surface area contributed by atoms with E-state index in [2.05, 4.69) is 23.5 Å². The van der Waals surface area contributed by atoms with Crippen LogP contribution in [-0.4, -0.2) is 12.5 Å². The third kappa shape index (κ3) is 3.30. The van der Waals surface area contributed by atoms with Gasteiger partial charge in [-0.2, -0.15) is 0 Å². The molecule has 0 saturated heterocycles. The minimum atomic E-state index is -0.0649. The van der Waals surface area contributed by atoms with E-state index in [0.717, 1.165) is 30.6 Å². The number of rotatable bonds is 4. The Morgan fingerprint density at radius 1 is 1.18 bits per heavy atom. The van der Waals surface area contributed by atoms with Crippen molar-refractivity contribution in [1.82, 2.24) is 5.32 Å². The molecule has 3 heteroatoms. The molecule has 1 aliphatic rings. The van der Waals surface area contributed by atoms with Crippen molar-refractivity contribution in [2.75, 3.05) is 6.61 Å². The average molecular weight is 295 g/mol. The lowest BCUT2D eigenvalue weighted by Crippen LogP contribution is -2.34. The van der Waals surface area contributed by atoms with Gasteiger partial charge in [-0.25, -0.2) is 0 Å². The Hall–Kier alpha value is -2.29. The Morgan fingerprint density at radius 3 is 2.82 bits per heavy atom. The number of aryl methyl sites for hydroxylation is 2. The number of fused-ring (bicyclic) bond motifs is 1. The maximum absolute atomic E-state index is 12.2. The van der Waals surface area contributed by atoms with Crippen LogP contribution < -0.4 is 10.1 Å². The minimum absolute atomic E-state index is 0.0590. The molecule has 0 aliphatic heterocycles. The standard InChI is InChI=1S/C19H21NO2/c1-14-7-2-5-12-18(14)22-13-19(21)20-17-11-6-9-15-8-3-4-10-16(15)17/h2-5,7-8,10,12,17H,6,9,11,13H2,1H3,(H,20,21)/t17-/m0/s1. The molecule has 0 radical (unpaired) electrons. The molecule has 3 rings (SSSR count). The number of carbonyl (C=O) groups is 1. The number of carbonyl (C=O) groups excluding carboxylic acids is 1. The predicted octanol–water partition coefficient (Wildman–Crippen LogP) is 3.57. The lowest BCUT2D eigenvalue weighted by Gasteiger charge is -2.26. The number of nitrogens with one attached hydrogen (secondary N) is 1. The summed E-state index contributed by atoms with van der Waals surface area (Å²) >= 11 is 0. The summed E-state index contributed by atoms with van der Waals surface area (Å²) in [4.78, 5) is 12.2. The number of hydrogen-bond acceptors (Lipinski definition) is 2. The molecule has 22 heavy (non-hydrogen) atoms. The number of ether oxygens (including phenoxy) is 1. The van der Waals surface area contributed by atoms with Crippen molar-refractivity contribution in [2.24, 2.45) is 0 Å². The molecule has 0 heterocycles. The van der Waals surface area contributed by atoms with Crippen LogP contribution in [0.5, 0.6) is 5.75 Å². The zero-order valence-corrected chi connectivity index (χ0v) is 12.8. The summed E-state index contributed by atoms with van der Waals surface area (Å²) in [5.41, 5.74) is 3.63. The smallest absolute Gasteiger partial charge is 0.258 e. The fraction of sp³-hybridized carbons (Fsp3) is 0.316. The zero-order chi connectivity index (χ0) is 15.4. The second-order valence-corrected chi connectivity index (χ2v) is 5.77. The van der Waals surface area contributed by atoms with Crippen molar-refractivity contribution < 1.29 is 9.53 Å². The van der Waals surface area contributed by atoms with Crippen LogP contribution in [0.15, 0.2) is 48.5 Å². The molecule has 1 atom stereocenters. The van der Waals surface area contributed by atoms with Gasteiger partial charge in [0.25, 0.3) is 5.91 Å². The van der Waals surface area contributed by atoms with Crippen molar-refractivity contribution in [3.05, 3.63) is 65.2 Å². The van der Waals surface area contributed by atoms with Crippen molar-refractivity contribution in [1.29, 1.82) is 0 Å². The van der Waals surface area contributed by atoms with E-state index >= 15 is 0 Å². The molecule has 1 amide bonds. The molecule has 0 unspecified atom stereocenters. The van der Waals surface area contributed by atoms with E-state index in [0.29, 0.717) is 0 Å². The van der Waals surface area contributed by atoms with Crippen molar-refractivity contribution in [3.63, 3.8) is 0 Å². The lowest BCUT2D eigenvalue weighted by atomic mass is 9.88. The first-order valence-corrected chi connectivity index (χ1v) is 7.79. The second kappa shape index (κ2) is 6.65. The molecule has 0 saturated carbocycles. The van der Waals surface area contributed by atoms with Gasteiger partial charge in [-0.3, -0.25) is 4.79 Å². The van der Waals surface area contributed by atoms with Gasteiger partial charge in [0.2, 0.25) is 0 Å². The third-order valence-electron chi connectivity index (χ3n) is 4.16. The highest BCUT2D eigenvalue weighted by atomic mass is 16.5. The van der Waals surface area contributed by atoms with Crippen LogP contribution in [0.1, 0.15) is 35.6 Å². The molecule has 3 nitrogen and oxygen atoms in total. The van der Waals surface area contributed by atoms with Crippen LogP contribution >= 0.6 is 0 Å². The molecular formula is C19H21NO2. The SMILES string of the molecule is Cc1ccccc1OCC(=O)N[C@H]1CCCc2ccccc21. The maximum atomic E-state index is 12.2. The summed E-state index contributed by atoms with van der Waals surface area (Å²) in [6.45, 7) is 2.04. The molecular weight excluding hydrogens is 274 g/mol. The molecule has 1 aliphatic carbocycles. The molecule has 0 spiro atoms. The summed E-state index contributed by atoms with van der Waals surface area (Å²) in [7, 11) is 0. The van der Waals surface area contributed by atoms with Gasteiger partial charge in [0.15, 0.2) is 6.61 Å². The Kier molecular flexibility index (Phi) is 4.42. The molecule has 2 aromatic carbocycles. The molecule has 114 valence electrons. The van der Waals surface area contributed by atoms with Gasteiger partial charge in [-0.1, -0.05) is 42.5 Å². The van der Waals surface area contributed by atoms with Gasteiger partial charge in [-0.05, 0) is 48.9 Å². The van der Waals surface area contributed by atoms with Crippen molar-refractivity contribution in [2.45, 2.75) is 32.2 Å². The first-order valence-electron chi connectivity index (χ1n) is 7.79. The molecule has 1 N–H and O–H groups in total. The molecule has 0 aromatic heterocycles. The van der Waals surface area contributed by atoms with Gasteiger partial charge in [0.1, 0.15) is 5.75 Å². The van der Waals surface area contributed by atoms with E-state index in [4.69, 9.17) is 4.74 Å².